The van der Waals surface area contributed by atoms with Crippen LogP contribution in [0.15, 0.2) is 27.6 Å². The first-order valence-corrected chi connectivity index (χ1v) is 10.3. The molecule has 2 heterocycles. The highest BCUT2D eigenvalue weighted by Gasteiger charge is 2.18. The lowest BCUT2D eigenvalue weighted by Crippen LogP contribution is -2.27. The minimum absolute atomic E-state index is 0.162. The maximum absolute atomic E-state index is 12.1. The van der Waals surface area contributed by atoms with E-state index < -0.39 is 21.4 Å². The van der Waals surface area contributed by atoms with E-state index in [1.54, 1.807) is 39.2 Å². The number of anilines is 1. The van der Waals surface area contributed by atoms with Crippen LogP contribution in [0.2, 0.25) is 0 Å². The summed E-state index contributed by atoms with van der Waals surface area (Å²) >= 11 is 1.07. The van der Waals surface area contributed by atoms with Crippen molar-refractivity contribution < 1.29 is 18.5 Å². The van der Waals surface area contributed by atoms with Crippen molar-refractivity contribution in [2.75, 3.05) is 18.6 Å². The summed E-state index contributed by atoms with van der Waals surface area (Å²) in [7, 11) is -0.892. The molecule has 0 aliphatic carbocycles. The molecule has 0 fully saturated rings. The first-order valence-electron chi connectivity index (χ1n) is 7.60. The molecule has 0 spiro atoms. The van der Waals surface area contributed by atoms with Crippen molar-refractivity contribution in [3.05, 3.63) is 24.0 Å². The van der Waals surface area contributed by atoms with Crippen LogP contribution < -0.4 is 10.1 Å². The smallest absolute Gasteiger partial charge is 0.414 e. The third kappa shape index (κ3) is 5.92. The number of ether oxygens (including phenoxy) is 2. The number of hydrogen-bond acceptors (Lipinski definition) is 9. The highest BCUT2D eigenvalue weighted by molar-refractivity contribution is 7.93. The fourth-order valence-electron chi connectivity index (χ4n) is 1.67. The van der Waals surface area contributed by atoms with Gasteiger partial charge in [-0.05, 0) is 44.2 Å². The predicted molar refractivity (Wildman–Crippen MR) is 99.0 cm³/mol. The van der Waals surface area contributed by atoms with E-state index in [0.717, 1.165) is 11.3 Å². The van der Waals surface area contributed by atoms with Crippen molar-refractivity contribution in [2.45, 2.75) is 37.9 Å². The zero-order chi connectivity index (χ0) is 19.4. The Bertz CT molecular complexity index is 880. The van der Waals surface area contributed by atoms with Crippen LogP contribution in [0.4, 0.5) is 9.93 Å². The molecule has 26 heavy (non-hydrogen) atoms. The molecule has 1 atom stereocenters. The predicted octanol–water partition coefficient (Wildman–Crippen LogP) is 2.95. The fourth-order valence-corrected chi connectivity index (χ4v) is 3.03. The second-order valence-corrected chi connectivity index (χ2v) is 9.64. The molecule has 1 amide bonds. The molecule has 9 nitrogen and oxygen atoms in total. The molecule has 142 valence electrons. The van der Waals surface area contributed by atoms with Crippen LogP contribution in [-0.4, -0.2) is 44.4 Å². The zero-order valence-corrected chi connectivity index (χ0v) is 16.8. The Balaban J connectivity index is 1.92. The summed E-state index contributed by atoms with van der Waals surface area (Å²) in [6.45, 7) is 5.47. The van der Waals surface area contributed by atoms with Gasteiger partial charge in [0.05, 0.1) is 20.3 Å². The molecule has 0 saturated heterocycles. The molecule has 2 aromatic rings. The highest BCUT2D eigenvalue weighted by atomic mass is 32.2. The van der Waals surface area contributed by atoms with Gasteiger partial charge in [0, 0.05) is 19.5 Å². The lowest BCUT2D eigenvalue weighted by molar-refractivity contribution is 0.0636. The van der Waals surface area contributed by atoms with E-state index in [1.807, 2.05) is 0 Å². The second kappa shape index (κ2) is 7.96. The zero-order valence-electron chi connectivity index (χ0n) is 15.2. The topological polar surface area (TPSA) is 116 Å². The molecular formula is C15H21N5O4S2. The molecule has 0 saturated carbocycles. The van der Waals surface area contributed by atoms with Gasteiger partial charge in [0.2, 0.25) is 5.13 Å². The largest absolute Gasteiger partial charge is 0.462 e. The first-order chi connectivity index (χ1) is 12.1. The van der Waals surface area contributed by atoms with Crippen LogP contribution in [0.25, 0.3) is 0 Å². The van der Waals surface area contributed by atoms with E-state index in [2.05, 4.69) is 24.9 Å². The lowest BCUT2D eigenvalue weighted by Gasteiger charge is -2.18. The molecule has 2 rings (SSSR count). The number of aromatic nitrogens is 3. The standard InChI is InChI=1S/C15H21N5O4S2/c1-15(2,3)24-13(21)18-12-19-20-14(25-12)23-9-10-6-7-11(8-17-10)26(5,22)16-4/h6-8H,9H2,1-5H3,(H,18,19,21). The minimum atomic E-state index is -2.40. The monoisotopic (exact) mass is 399 g/mol. The van der Waals surface area contributed by atoms with Crippen LogP contribution in [0.5, 0.6) is 5.19 Å². The van der Waals surface area contributed by atoms with Gasteiger partial charge in [-0.3, -0.25) is 10.3 Å². The quantitative estimate of drug-likeness (QED) is 0.821. The molecule has 0 radical (unpaired) electrons. The number of carbonyl (C=O) groups excluding carboxylic acids is 1. The Hall–Kier alpha value is -2.27. The SMILES string of the molecule is CN=S(C)(=O)c1ccc(COc2nnc(NC(=O)OC(C)(C)C)s2)nc1. The van der Waals surface area contributed by atoms with Gasteiger partial charge in [-0.15, -0.1) is 5.10 Å². The van der Waals surface area contributed by atoms with Crippen LogP contribution in [0, 0.1) is 0 Å². The average molecular weight is 399 g/mol. The summed E-state index contributed by atoms with van der Waals surface area (Å²) in [5.74, 6) is 0. The normalized spacial score (nSPS) is 13.6. The Morgan fingerprint density at radius 1 is 1.35 bits per heavy atom. The van der Waals surface area contributed by atoms with Crippen LogP contribution in [0.1, 0.15) is 26.5 Å². The summed E-state index contributed by atoms with van der Waals surface area (Å²) in [6, 6.07) is 3.42. The maximum atomic E-state index is 12.1. The summed E-state index contributed by atoms with van der Waals surface area (Å²) in [6.07, 6.45) is 2.46. The van der Waals surface area contributed by atoms with Gasteiger partial charge in [0.15, 0.2) is 0 Å². The molecule has 11 heteroatoms. The van der Waals surface area contributed by atoms with Crippen molar-refractivity contribution in [3.63, 3.8) is 0 Å². The van der Waals surface area contributed by atoms with Gasteiger partial charge in [-0.1, -0.05) is 5.10 Å². The van der Waals surface area contributed by atoms with Crippen molar-refractivity contribution in [1.29, 1.82) is 0 Å². The minimum Gasteiger partial charge on any atom is -0.462 e. The average Bonchev–Trinajstić information content (AvgIpc) is 2.99. The van der Waals surface area contributed by atoms with Gasteiger partial charge in [-0.2, -0.15) is 0 Å². The Morgan fingerprint density at radius 3 is 2.65 bits per heavy atom. The third-order valence-corrected chi connectivity index (χ3v) is 5.51. The van der Waals surface area contributed by atoms with Gasteiger partial charge < -0.3 is 9.47 Å². The molecule has 1 N–H and O–H groups in total. The van der Waals surface area contributed by atoms with Gasteiger partial charge in [0.25, 0.3) is 5.19 Å². The lowest BCUT2D eigenvalue weighted by atomic mass is 10.2. The molecule has 0 aliphatic heterocycles. The molecule has 0 aromatic carbocycles. The molecule has 2 aromatic heterocycles. The van der Waals surface area contributed by atoms with Crippen LogP contribution in [0.3, 0.4) is 0 Å². The van der Waals surface area contributed by atoms with Crippen molar-refractivity contribution in [1.82, 2.24) is 15.2 Å². The Morgan fingerprint density at radius 2 is 2.08 bits per heavy atom. The number of nitrogens with one attached hydrogen (secondary N) is 1. The van der Waals surface area contributed by atoms with Gasteiger partial charge in [0.1, 0.15) is 12.2 Å². The second-order valence-electron chi connectivity index (χ2n) is 6.26. The van der Waals surface area contributed by atoms with E-state index in [4.69, 9.17) is 9.47 Å². The molecule has 0 aliphatic rings. The van der Waals surface area contributed by atoms with Crippen molar-refractivity contribution in [2.24, 2.45) is 4.36 Å². The Kier molecular flexibility index (Phi) is 6.13. The van der Waals surface area contributed by atoms with E-state index >= 15 is 0 Å². The molecule has 0 bridgehead atoms. The van der Waals surface area contributed by atoms with Crippen molar-refractivity contribution in [3.8, 4) is 5.19 Å². The number of amides is 1. The molecule has 1 unspecified atom stereocenters. The molecular weight excluding hydrogens is 378 g/mol. The number of rotatable bonds is 5. The summed E-state index contributed by atoms with van der Waals surface area (Å²) < 4.78 is 26.6. The number of pyridine rings is 1. The highest BCUT2D eigenvalue weighted by Crippen LogP contribution is 2.23. The van der Waals surface area contributed by atoms with Crippen molar-refractivity contribution >= 4 is 32.3 Å². The van der Waals surface area contributed by atoms with E-state index in [1.165, 1.54) is 13.2 Å². The maximum Gasteiger partial charge on any atom is 0.414 e. The van der Waals surface area contributed by atoms with E-state index in [0.29, 0.717) is 10.6 Å². The van der Waals surface area contributed by atoms with Crippen LogP contribution >= 0.6 is 11.3 Å². The number of hydrogen-bond donors (Lipinski definition) is 1. The summed E-state index contributed by atoms with van der Waals surface area (Å²) in [5, 5.41) is 10.7. The Labute approximate surface area is 156 Å². The van der Waals surface area contributed by atoms with Gasteiger partial charge in [-0.25, -0.2) is 13.4 Å². The summed E-state index contributed by atoms with van der Waals surface area (Å²) in [4.78, 5) is 16.4. The number of nitrogens with zero attached hydrogens (tertiary/aromatic N) is 4. The van der Waals surface area contributed by atoms with Crippen LogP contribution in [-0.2, 0) is 21.1 Å². The number of carbonyl (C=O) groups is 1. The first kappa shape index (κ1) is 20.0. The van der Waals surface area contributed by atoms with E-state index in [-0.39, 0.29) is 16.9 Å². The fraction of sp³-hybridized carbons (Fsp3) is 0.467. The summed E-state index contributed by atoms with van der Waals surface area (Å²) in [5.41, 5.74) is 0.0377. The third-order valence-electron chi connectivity index (χ3n) is 2.94. The van der Waals surface area contributed by atoms with Gasteiger partial charge >= 0.3 is 6.09 Å². The van der Waals surface area contributed by atoms with E-state index in [9.17, 15) is 9.00 Å².